The van der Waals surface area contributed by atoms with Crippen molar-refractivity contribution in [2.45, 2.75) is 46.1 Å². The molecule has 1 aliphatic carbocycles. The van der Waals surface area contributed by atoms with Crippen LogP contribution in [0.25, 0.3) is 0 Å². The van der Waals surface area contributed by atoms with Gasteiger partial charge >= 0.3 is 0 Å². The summed E-state index contributed by atoms with van der Waals surface area (Å²) in [5.74, 6) is 0.659. The molecule has 3 heteroatoms. The molecule has 0 bridgehead atoms. The highest BCUT2D eigenvalue weighted by molar-refractivity contribution is 5.78. The van der Waals surface area contributed by atoms with Crippen molar-refractivity contribution >= 4 is 5.91 Å². The summed E-state index contributed by atoms with van der Waals surface area (Å²) in [6.07, 6.45) is 7.25. The van der Waals surface area contributed by atoms with Crippen LogP contribution >= 0.6 is 0 Å². The van der Waals surface area contributed by atoms with E-state index >= 15 is 0 Å². The van der Waals surface area contributed by atoms with Gasteiger partial charge < -0.3 is 10.1 Å². The molecule has 1 atom stereocenters. The monoisotopic (exact) mass is 299 g/mol. The summed E-state index contributed by atoms with van der Waals surface area (Å²) >= 11 is 0. The molecule has 0 aliphatic heterocycles. The second-order valence-corrected chi connectivity index (χ2v) is 5.81. The second kappa shape index (κ2) is 7.83. The van der Waals surface area contributed by atoms with Crippen molar-refractivity contribution in [1.82, 2.24) is 5.32 Å². The van der Waals surface area contributed by atoms with Gasteiger partial charge in [0.1, 0.15) is 5.75 Å². The lowest BCUT2D eigenvalue weighted by atomic mass is 9.95. The Morgan fingerprint density at radius 2 is 2.00 bits per heavy atom. The molecule has 1 N–H and O–H groups in total. The fourth-order valence-corrected chi connectivity index (χ4v) is 2.56. The van der Waals surface area contributed by atoms with Gasteiger partial charge in [-0.15, -0.1) is 0 Å². The average Bonchev–Trinajstić information content (AvgIpc) is 2.51. The quantitative estimate of drug-likeness (QED) is 0.867. The van der Waals surface area contributed by atoms with Gasteiger partial charge in [0.15, 0.2) is 6.61 Å². The predicted octanol–water partition coefficient (Wildman–Crippen LogP) is 3.80. The molecule has 1 amide bonds. The van der Waals surface area contributed by atoms with Gasteiger partial charge in [0.25, 0.3) is 5.91 Å². The lowest BCUT2D eigenvalue weighted by Gasteiger charge is -2.22. The smallest absolute Gasteiger partial charge is 0.258 e. The third kappa shape index (κ3) is 4.48. The van der Waals surface area contributed by atoms with Gasteiger partial charge in [-0.2, -0.15) is 0 Å². The molecule has 0 saturated heterocycles. The van der Waals surface area contributed by atoms with Crippen LogP contribution in [0.1, 0.15) is 39.2 Å². The van der Waals surface area contributed by atoms with Crippen LogP contribution in [-0.4, -0.2) is 18.6 Å². The van der Waals surface area contributed by atoms with Crippen LogP contribution in [0, 0.1) is 0 Å². The number of hydrogen-bond donors (Lipinski definition) is 1. The standard InChI is InChI=1S/C19H25NO2/c1-4-6-16-9-11-17(12-10-16)22-13-19(21)20-18-8-5-7-14(2)15(18)3/h5,7,9-12,18H,4,6,8,13H2,1-3H3,(H,20,21). The zero-order chi connectivity index (χ0) is 15.9. The first-order valence-corrected chi connectivity index (χ1v) is 7.95. The molecular formula is C19H25NO2. The van der Waals surface area contributed by atoms with Gasteiger partial charge in [-0.3, -0.25) is 4.79 Å². The summed E-state index contributed by atoms with van der Waals surface area (Å²) in [6.45, 7) is 6.35. The van der Waals surface area contributed by atoms with Crippen molar-refractivity contribution in [3.63, 3.8) is 0 Å². The van der Waals surface area contributed by atoms with E-state index in [-0.39, 0.29) is 18.6 Å². The van der Waals surface area contributed by atoms with E-state index < -0.39 is 0 Å². The van der Waals surface area contributed by atoms with E-state index in [0.717, 1.165) is 25.0 Å². The van der Waals surface area contributed by atoms with Crippen LogP contribution in [-0.2, 0) is 11.2 Å². The number of nitrogens with one attached hydrogen (secondary N) is 1. The highest BCUT2D eigenvalue weighted by atomic mass is 16.5. The van der Waals surface area contributed by atoms with Crippen molar-refractivity contribution in [2.75, 3.05) is 6.61 Å². The molecule has 1 unspecified atom stereocenters. The maximum Gasteiger partial charge on any atom is 0.258 e. The summed E-state index contributed by atoms with van der Waals surface area (Å²) in [7, 11) is 0. The first-order valence-electron chi connectivity index (χ1n) is 7.95. The fourth-order valence-electron chi connectivity index (χ4n) is 2.56. The van der Waals surface area contributed by atoms with Crippen molar-refractivity contribution in [1.29, 1.82) is 0 Å². The van der Waals surface area contributed by atoms with Crippen molar-refractivity contribution in [3.05, 3.63) is 53.1 Å². The summed E-state index contributed by atoms with van der Waals surface area (Å²) in [4.78, 5) is 12.0. The topological polar surface area (TPSA) is 38.3 Å². The van der Waals surface area contributed by atoms with E-state index in [1.807, 2.05) is 12.1 Å². The summed E-state index contributed by atoms with van der Waals surface area (Å²) in [5.41, 5.74) is 3.74. The summed E-state index contributed by atoms with van der Waals surface area (Å²) in [5, 5.41) is 3.03. The van der Waals surface area contributed by atoms with Crippen LogP contribution in [0.4, 0.5) is 0 Å². The maximum absolute atomic E-state index is 12.0. The molecule has 1 aliphatic rings. The molecule has 0 radical (unpaired) electrons. The van der Waals surface area contributed by atoms with E-state index in [2.05, 4.69) is 50.4 Å². The lowest BCUT2D eigenvalue weighted by Crippen LogP contribution is -2.39. The number of ether oxygens (including phenoxy) is 1. The number of aryl methyl sites for hydroxylation is 1. The molecule has 22 heavy (non-hydrogen) atoms. The van der Waals surface area contributed by atoms with Gasteiger partial charge in [0.05, 0.1) is 6.04 Å². The maximum atomic E-state index is 12.0. The van der Waals surface area contributed by atoms with Gasteiger partial charge in [-0.1, -0.05) is 43.2 Å². The number of amides is 1. The number of hydrogen-bond acceptors (Lipinski definition) is 2. The largest absolute Gasteiger partial charge is 0.484 e. The molecule has 0 heterocycles. The van der Waals surface area contributed by atoms with Crippen LogP contribution in [0.5, 0.6) is 5.75 Å². The van der Waals surface area contributed by atoms with E-state index in [4.69, 9.17) is 4.74 Å². The average molecular weight is 299 g/mol. The zero-order valence-corrected chi connectivity index (χ0v) is 13.7. The minimum absolute atomic E-state index is 0.0552. The molecule has 1 aromatic carbocycles. The molecular weight excluding hydrogens is 274 g/mol. The van der Waals surface area contributed by atoms with E-state index in [9.17, 15) is 4.79 Å². The Balaban J connectivity index is 1.81. The van der Waals surface area contributed by atoms with Crippen LogP contribution in [0.15, 0.2) is 47.6 Å². The Labute approximate surface area is 133 Å². The fraction of sp³-hybridized carbons (Fsp3) is 0.421. The number of carbonyl (C=O) groups is 1. The van der Waals surface area contributed by atoms with Crippen molar-refractivity contribution in [3.8, 4) is 5.75 Å². The van der Waals surface area contributed by atoms with Gasteiger partial charge in [-0.25, -0.2) is 0 Å². The number of carbonyl (C=O) groups excluding carboxylic acids is 1. The highest BCUT2D eigenvalue weighted by Crippen LogP contribution is 2.18. The predicted molar refractivity (Wildman–Crippen MR) is 90.0 cm³/mol. The molecule has 0 fully saturated rings. The first kappa shape index (κ1) is 16.3. The molecule has 0 spiro atoms. The van der Waals surface area contributed by atoms with Gasteiger partial charge in [0, 0.05) is 0 Å². The zero-order valence-electron chi connectivity index (χ0n) is 13.7. The molecule has 0 saturated carbocycles. The normalized spacial score (nSPS) is 17.5. The van der Waals surface area contributed by atoms with E-state index in [1.165, 1.54) is 16.7 Å². The minimum atomic E-state index is -0.0786. The number of benzene rings is 1. The molecule has 118 valence electrons. The summed E-state index contributed by atoms with van der Waals surface area (Å²) < 4.78 is 5.56. The minimum Gasteiger partial charge on any atom is -0.484 e. The Kier molecular flexibility index (Phi) is 5.82. The van der Waals surface area contributed by atoms with Crippen molar-refractivity contribution in [2.24, 2.45) is 0 Å². The number of allylic oxidation sites excluding steroid dienone is 2. The number of rotatable bonds is 6. The summed E-state index contributed by atoms with van der Waals surface area (Å²) in [6, 6.07) is 8.05. The van der Waals surface area contributed by atoms with Crippen LogP contribution in [0.3, 0.4) is 0 Å². The lowest BCUT2D eigenvalue weighted by molar-refractivity contribution is -0.123. The second-order valence-electron chi connectivity index (χ2n) is 5.81. The highest BCUT2D eigenvalue weighted by Gasteiger charge is 2.17. The van der Waals surface area contributed by atoms with Crippen LogP contribution in [0.2, 0.25) is 0 Å². The van der Waals surface area contributed by atoms with E-state index in [1.54, 1.807) is 0 Å². The Morgan fingerprint density at radius 3 is 2.68 bits per heavy atom. The molecule has 0 aromatic heterocycles. The third-order valence-electron chi connectivity index (χ3n) is 4.05. The first-order chi connectivity index (χ1) is 10.6. The molecule has 1 aromatic rings. The Hall–Kier alpha value is -2.03. The SMILES string of the molecule is CCCc1ccc(OCC(=O)NC2CC=CC(C)=C2C)cc1. The van der Waals surface area contributed by atoms with Gasteiger partial charge in [-0.05, 0) is 50.0 Å². The van der Waals surface area contributed by atoms with E-state index in [0.29, 0.717) is 0 Å². The molecule has 2 rings (SSSR count). The van der Waals surface area contributed by atoms with Crippen LogP contribution < -0.4 is 10.1 Å². The van der Waals surface area contributed by atoms with Gasteiger partial charge in [0.2, 0.25) is 0 Å². The van der Waals surface area contributed by atoms with Crippen molar-refractivity contribution < 1.29 is 9.53 Å². The Bertz CT molecular complexity index is 570. The molecule has 3 nitrogen and oxygen atoms in total. The third-order valence-corrected chi connectivity index (χ3v) is 4.05. The Morgan fingerprint density at radius 1 is 1.27 bits per heavy atom.